The van der Waals surface area contributed by atoms with Crippen LogP contribution in [0.25, 0.3) is 0 Å². The molecule has 138 valence electrons. The van der Waals surface area contributed by atoms with E-state index in [0.717, 1.165) is 13.1 Å². The number of ketones is 1. The van der Waals surface area contributed by atoms with E-state index < -0.39 is 5.60 Å². The van der Waals surface area contributed by atoms with E-state index in [-0.39, 0.29) is 17.8 Å². The summed E-state index contributed by atoms with van der Waals surface area (Å²) < 4.78 is 5.40. The molecule has 1 atom stereocenters. The predicted molar refractivity (Wildman–Crippen MR) is 97.0 cm³/mol. The zero-order chi connectivity index (χ0) is 18.6. The van der Waals surface area contributed by atoms with Crippen molar-refractivity contribution >= 4 is 23.5 Å². The van der Waals surface area contributed by atoms with Crippen LogP contribution in [0, 0.1) is 5.92 Å². The van der Waals surface area contributed by atoms with Gasteiger partial charge in [0.2, 0.25) is 0 Å². The molecule has 0 aliphatic carbocycles. The van der Waals surface area contributed by atoms with Gasteiger partial charge >= 0.3 is 6.09 Å². The molecule has 1 aromatic rings. The molecule has 0 bridgehead atoms. The number of nitrogens with zero attached hydrogens (tertiary/aromatic N) is 3. The summed E-state index contributed by atoms with van der Waals surface area (Å²) in [7, 11) is 0. The first-order valence-electron chi connectivity index (χ1n) is 8.52. The summed E-state index contributed by atoms with van der Waals surface area (Å²) in [5.74, 6) is -0.0882. The molecule has 6 nitrogen and oxygen atoms in total. The van der Waals surface area contributed by atoms with Gasteiger partial charge in [-0.25, -0.2) is 9.78 Å². The Morgan fingerprint density at radius 1 is 1.24 bits per heavy atom. The third-order valence-electron chi connectivity index (χ3n) is 4.02. The minimum Gasteiger partial charge on any atom is -0.444 e. The zero-order valence-corrected chi connectivity index (χ0v) is 16.0. The number of halogens is 1. The lowest BCUT2D eigenvalue weighted by atomic mass is 10.00. The summed E-state index contributed by atoms with van der Waals surface area (Å²) in [6.07, 6.45) is 1.24. The number of pyridine rings is 1. The van der Waals surface area contributed by atoms with Gasteiger partial charge < -0.3 is 9.64 Å². The molecule has 0 radical (unpaired) electrons. The van der Waals surface area contributed by atoms with Gasteiger partial charge in [0.05, 0.1) is 0 Å². The summed E-state index contributed by atoms with van der Waals surface area (Å²) in [6.45, 7) is 10.8. The molecule has 1 aliphatic rings. The molecule has 1 amide bonds. The smallest absolute Gasteiger partial charge is 0.410 e. The van der Waals surface area contributed by atoms with Gasteiger partial charge in [-0.2, -0.15) is 0 Å². The Balaban J connectivity index is 1.82. The number of hydrogen-bond acceptors (Lipinski definition) is 5. The number of hydrogen-bond donors (Lipinski definition) is 0. The van der Waals surface area contributed by atoms with Crippen LogP contribution in [0.4, 0.5) is 4.79 Å². The molecule has 7 heteroatoms. The molecule has 0 aromatic carbocycles. The van der Waals surface area contributed by atoms with Crippen LogP contribution in [0.15, 0.2) is 18.3 Å². The molecule has 0 N–H and O–H groups in total. The average molecular weight is 368 g/mol. The van der Waals surface area contributed by atoms with E-state index in [4.69, 9.17) is 16.3 Å². The lowest BCUT2D eigenvalue weighted by Crippen LogP contribution is -2.51. The number of Topliss-reactive ketones (excluding diaryl/α,β-unsaturated/α-hetero) is 1. The maximum absolute atomic E-state index is 12.5. The first-order chi connectivity index (χ1) is 11.7. The van der Waals surface area contributed by atoms with Crippen molar-refractivity contribution in [2.75, 3.05) is 32.7 Å². The van der Waals surface area contributed by atoms with Crippen molar-refractivity contribution in [2.24, 2.45) is 5.92 Å². The molecule has 2 rings (SSSR count). The van der Waals surface area contributed by atoms with Gasteiger partial charge in [0.15, 0.2) is 5.78 Å². The van der Waals surface area contributed by atoms with E-state index in [1.165, 1.54) is 6.20 Å². The van der Waals surface area contributed by atoms with Crippen LogP contribution >= 0.6 is 11.6 Å². The second-order valence-electron chi connectivity index (χ2n) is 7.40. The molecule has 1 saturated heterocycles. The molecule has 1 fully saturated rings. The van der Waals surface area contributed by atoms with E-state index in [2.05, 4.69) is 9.88 Å². The summed E-state index contributed by atoms with van der Waals surface area (Å²) in [6, 6.07) is 3.33. The first kappa shape index (κ1) is 19.7. The van der Waals surface area contributed by atoms with E-state index in [0.29, 0.717) is 30.4 Å². The van der Waals surface area contributed by atoms with E-state index >= 15 is 0 Å². The molecular weight excluding hydrogens is 342 g/mol. The van der Waals surface area contributed by atoms with Crippen LogP contribution in [0.5, 0.6) is 0 Å². The van der Waals surface area contributed by atoms with Gasteiger partial charge in [0, 0.05) is 50.4 Å². The minimum atomic E-state index is -0.484. The second kappa shape index (κ2) is 8.15. The maximum atomic E-state index is 12.5. The lowest BCUT2D eigenvalue weighted by Gasteiger charge is -2.36. The third kappa shape index (κ3) is 5.97. The van der Waals surface area contributed by atoms with Gasteiger partial charge in [-0.15, -0.1) is 0 Å². The van der Waals surface area contributed by atoms with Crippen LogP contribution in [-0.2, 0) is 4.74 Å². The Kier molecular flexibility index (Phi) is 6.41. The van der Waals surface area contributed by atoms with Gasteiger partial charge in [0.25, 0.3) is 0 Å². The van der Waals surface area contributed by atoms with Gasteiger partial charge in [0.1, 0.15) is 10.8 Å². The van der Waals surface area contributed by atoms with Crippen LogP contribution < -0.4 is 0 Å². The van der Waals surface area contributed by atoms with Crippen molar-refractivity contribution in [3.8, 4) is 0 Å². The van der Waals surface area contributed by atoms with E-state index in [1.807, 2.05) is 27.7 Å². The van der Waals surface area contributed by atoms with Crippen molar-refractivity contribution in [3.63, 3.8) is 0 Å². The van der Waals surface area contributed by atoms with Crippen molar-refractivity contribution in [3.05, 3.63) is 29.0 Å². The van der Waals surface area contributed by atoms with Gasteiger partial charge in [-0.3, -0.25) is 9.69 Å². The minimum absolute atomic E-state index is 0.0544. The SMILES string of the molecule is C[C@@H](CN1CCN(C(=O)OC(C)(C)C)CC1)C(=O)c1ccc(Cl)nc1. The second-order valence-corrected chi connectivity index (χ2v) is 7.79. The largest absolute Gasteiger partial charge is 0.444 e. The fraction of sp³-hybridized carbons (Fsp3) is 0.611. The highest BCUT2D eigenvalue weighted by Crippen LogP contribution is 2.15. The normalized spacial score (nSPS) is 17.2. The van der Waals surface area contributed by atoms with Crippen molar-refractivity contribution < 1.29 is 14.3 Å². The lowest BCUT2D eigenvalue weighted by molar-refractivity contribution is 0.0134. The maximum Gasteiger partial charge on any atom is 0.410 e. The first-order valence-corrected chi connectivity index (χ1v) is 8.89. The van der Waals surface area contributed by atoms with E-state index in [1.54, 1.807) is 17.0 Å². The predicted octanol–water partition coefficient (Wildman–Crippen LogP) is 3.11. The van der Waals surface area contributed by atoms with Crippen LogP contribution in [0.2, 0.25) is 5.15 Å². The number of ether oxygens (including phenoxy) is 1. The molecule has 0 spiro atoms. The molecular formula is C18H26ClN3O3. The number of rotatable bonds is 4. The Bertz CT molecular complexity index is 605. The molecule has 1 aliphatic heterocycles. The topological polar surface area (TPSA) is 62.7 Å². The Hall–Kier alpha value is -1.66. The van der Waals surface area contributed by atoms with Crippen molar-refractivity contribution in [1.29, 1.82) is 0 Å². The average Bonchev–Trinajstić information content (AvgIpc) is 2.54. The third-order valence-corrected chi connectivity index (χ3v) is 4.24. The number of piperazine rings is 1. The number of amides is 1. The quantitative estimate of drug-likeness (QED) is 0.604. The highest BCUT2D eigenvalue weighted by molar-refractivity contribution is 6.29. The Labute approximate surface area is 154 Å². The van der Waals surface area contributed by atoms with Crippen LogP contribution in [0.1, 0.15) is 38.1 Å². The molecule has 2 heterocycles. The number of carbonyl (C=O) groups is 2. The van der Waals surface area contributed by atoms with Gasteiger partial charge in [-0.1, -0.05) is 18.5 Å². The molecule has 0 unspecified atom stereocenters. The standard InChI is InChI=1S/C18H26ClN3O3/c1-13(16(23)14-5-6-15(19)20-11-14)12-21-7-9-22(10-8-21)17(24)25-18(2,3)4/h5-6,11,13H,7-10,12H2,1-4H3/t13-/m0/s1. The Morgan fingerprint density at radius 3 is 2.40 bits per heavy atom. The summed E-state index contributed by atoms with van der Waals surface area (Å²) in [4.78, 5) is 32.4. The van der Waals surface area contributed by atoms with Gasteiger partial charge in [-0.05, 0) is 32.9 Å². The van der Waals surface area contributed by atoms with Crippen LogP contribution in [0.3, 0.4) is 0 Å². The summed E-state index contributed by atoms with van der Waals surface area (Å²) in [5.41, 5.74) is 0.0891. The highest BCUT2D eigenvalue weighted by atomic mass is 35.5. The van der Waals surface area contributed by atoms with E-state index in [9.17, 15) is 9.59 Å². The number of carbonyl (C=O) groups excluding carboxylic acids is 2. The fourth-order valence-electron chi connectivity index (χ4n) is 2.72. The van der Waals surface area contributed by atoms with Crippen molar-refractivity contribution in [1.82, 2.24) is 14.8 Å². The Morgan fingerprint density at radius 2 is 1.88 bits per heavy atom. The molecule has 25 heavy (non-hydrogen) atoms. The number of aromatic nitrogens is 1. The molecule has 1 aromatic heterocycles. The summed E-state index contributed by atoms with van der Waals surface area (Å²) in [5, 5.41) is 0.377. The summed E-state index contributed by atoms with van der Waals surface area (Å²) >= 11 is 5.76. The van der Waals surface area contributed by atoms with Crippen molar-refractivity contribution in [2.45, 2.75) is 33.3 Å². The fourth-order valence-corrected chi connectivity index (χ4v) is 2.83. The highest BCUT2D eigenvalue weighted by Gasteiger charge is 2.27. The molecule has 0 saturated carbocycles. The zero-order valence-electron chi connectivity index (χ0n) is 15.3. The monoisotopic (exact) mass is 367 g/mol. The van der Waals surface area contributed by atoms with Crippen LogP contribution in [-0.4, -0.2) is 65.0 Å².